The minimum Gasteiger partial charge on any atom is -0.472 e. The fourth-order valence-corrected chi connectivity index (χ4v) is 2.99. The summed E-state index contributed by atoms with van der Waals surface area (Å²) in [5.41, 5.74) is 1.15. The van der Waals surface area contributed by atoms with Crippen molar-refractivity contribution in [1.29, 1.82) is 0 Å². The van der Waals surface area contributed by atoms with Gasteiger partial charge in [0.1, 0.15) is 12.1 Å². The van der Waals surface area contributed by atoms with Crippen LogP contribution in [0, 0.1) is 5.82 Å². The molecule has 1 aliphatic heterocycles. The zero-order chi connectivity index (χ0) is 19.1. The number of nitrogens with one attached hydrogen (secondary N) is 2. The third-order valence-electron chi connectivity index (χ3n) is 4.41. The zero-order valence-electron chi connectivity index (χ0n) is 14.8. The lowest BCUT2D eigenvalue weighted by atomic mass is 10.0. The van der Waals surface area contributed by atoms with Crippen LogP contribution < -0.4 is 10.6 Å². The van der Waals surface area contributed by atoms with Gasteiger partial charge in [-0.2, -0.15) is 0 Å². The number of benzene rings is 1. The number of nitrogens with zero attached hydrogens (tertiary/aromatic N) is 1. The largest absolute Gasteiger partial charge is 0.472 e. The smallest absolute Gasteiger partial charge is 0.254 e. The molecular weight excluding hydrogens is 353 g/mol. The van der Waals surface area contributed by atoms with E-state index in [1.165, 1.54) is 30.7 Å². The normalized spacial score (nSPS) is 15.9. The minimum absolute atomic E-state index is 0.150. The van der Waals surface area contributed by atoms with E-state index in [2.05, 4.69) is 15.5 Å². The van der Waals surface area contributed by atoms with Crippen molar-refractivity contribution >= 4 is 11.8 Å². The van der Waals surface area contributed by atoms with Gasteiger partial charge in [0.05, 0.1) is 37.6 Å². The highest BCUT2D eigenvalue weighted by molar-refractivity contribution is 5.96. The Morgan fingerprint density at radius 1 is 1.19 bits per heavy atom. The van der Waals surface area contributed by atoms with Gasteiger partial charge in [-0.1, -0.05) is 12.1 Å². The van der Waals surface area contributed by atoms with Gasteiger partial charge in [-0.05, 0) is 23.8 Å². The Labute approximate surface area is 156 Å². The molecule has 2 amide bonds. The van der Waals surface area contributed by atoms with Crippen molar-refractivity contribution in [3.63, 3.8) is 0 Å². The summed E-state index contributed by atoms with van der Waals surface area (Å²) < 4.78 is 23.9. The summed E-state index contributed by atoms with van der Waals surface area (Å²) in [7, 11) is 0. The van der Waals surface area contributed by atoms with Gasteiger partial charge in [0.25, 0.3) is 5.91 Å². The SMILES string of the molecule is O=C(CNC(=O)c1ccoc1)NC[C@H](c1cccc(F)c1)N1CCOCC1. The molecular formula is C19H22FN3O4. The molecule has 1 atom stereocenters. The number of rotatable bonds is 7. The van der Waals surface area contributed by atoms with Gasteiger partial charge in [0, 0.05) is 19.6 Å². The summed E-state index contributed by atoms with van der Waals surface area (Å²) in [4.78, 5) is 26.1. The molecule has 2 N–H and O–H groups in total. The van der Waals surface area contributed by atoms with Gasteiger partial charge in [-0.15, -0.1) is 0 Å². The Balaban J connectivity index is 1.57. The van der Waals surface area contributed by atoms with Crippen molar-refractivity contribution in [3.05, 3.63) is 59.8 Å². The third kappa shape index (κ3) is 5.38. The summed E-state index contributed by atoms with van der Waals surface area (Å²) in [5.74, 6) is -1.01. The van der Waals surface area contributed by atoms with Crippen LogP contribution in [-0.4, -0.2) is 56.1 Å². The van der Waals surface area contributed by atoms with Crippen LogP contribution in [-0.2, 0) is 9.53 Å². The van der Waals surface area contributed by atoms with Crippen LogP contribution in [0.3, 0.4) is 0 Å². The highest BCUT2D eigenvalue weighted by Crippen LogP contribution is 2.22. The summed E-state index contributed by atoms with van der Waals surface area (Å²) in [6, 6.07) is 7.72. The van der Waals surface area contributed by atoms with Crippen LogP contribution in [0.15, 0.2) is 47.3 Å². The molecule has 0 bridgehead atoms. The number of halogens is 1. The molecule has 1 aromatic carbocycles. The minimum atomic E-state index is -0.381. The molecule has 144 valence electrons. The van der Waals surface area contributed by atoms with Crippen LogP contribution in [0.25, 0.3) is 0 Å². The topological polar surface area (TPSA) is 83.8 Å². The highest BCUT2D eigenvalue weighted by atomic mass is 19.1. The molecule has 8 heteroatoms. The number of ether oxygens (including phenoxy) is 1. The van der Waals surface area contributed by atoms with Gasteiger partial charge in [-0.25, -0.2) is 4.39 Å². The maximum Gasteiger partial charge on any atom is 0.254 e. The first-order valence-corrected chi connectivity index (χ1v) is 8.78. The van der Waals surface area contributed by atoms with Gasteiger partial charge in [-0.3, -0.25) is 14.5 Å². The molecule has 1 fully saturated rings. The Hall–Kier alpha value is -2.71. The molecule has 0 radical (unpaired) electrons. The fourth-order valence-electron chi connectivity index (χ4n) is 2.99. The maximum atomic E-state index is 13.7. The standard InChI is InChI=1S/C19H22FN3O4/c20-16-3-1-2-14(10-16)17(23-5-8-26-9-6-23)11-21-18(24)12-22-19(25)15-4-7-27-13-15/h1-4,7,10,13,17H,5-6,8-9,11-12H2,(H,21,24)(H,22,25)/t17-/m1/s1. The van der Waals surface area contributed by atoms with E-state index in [0.29, 0.717) is 38.4 Å². The zero-order valence-corrected chi connectivity index (χ0v) is 14.8. The number of morpholine rings is 1. The average molecular weight is 375 g/mol. The van der Waals surface area contributed by atoms with E-state index >= 15 is 0 Å². The maximum absolute atomic E-state index is 13.7. The number of furan rings is 1. The van der Waals surface area contributed by atoms with Crippen molar-refractivity contribution in [2.45, 2.75) is 6.04 Å². The average Bonchev–Trinajstić information content (AvgIpc) is 3.22. The van der Waals surface area contributed by atoms with Crippen LogP contribution in [0.4, 0.5) is 4.39 Å². The molecule has 27 heavy (non-hydrogen) atoms. The monoisotopic (exact) mass is 375 g/mol. The number of carbonyl (C=O) groups is 2. The Kier molecular flexibility index (Phi) is 6.56. The first kappa shape index (κ1) is 19.1. The van der Waals surface area contributed by atoms with E-state index in [-0.39, 0.29) is 30.2 Å². The van der Waals surface area contributed by atoms with E-state index in [1.807, 2.05) is 6.07 Å². The summed E-state index contributed by atoms with van der Waals surface area (Å²) in [6.07, 6.45) is 2.70. The van der Waals surface area contributed by atoms with Gasteiger partial charge < -0.3 is 19.8 Å². The first-order chi connectivity index (χ1) is 13.1. The van der Waals surface area contributed by atoms with Crippen molar-refractivity contribution < 1.29 is 23.1 Å². The number of amides is 2. The molecule has 0 spiro atoms. The molecule has 0 unspecified atom stereocenters. The van der Waals surface area contributed by atoms with E-state index in [1.54, 1.807) is 6.07 Å². The van der Waals surface area contributed by atoms with E-state index in [0.717, 1.165) is 5.56 Å². The second kappa shape index (κ2) is 9.29. The Bertz CT molecular complexity index is 760. The first-order valence-electron chi connectivity index (χ1n) is 8.78. The number of hydrogen-bond acceptors (Lipinski definition) is 5. The van der Waals surface area contributed by atoms with Gasteiger partial charge in [0.2, 0.25) is 5.91 Å². The lowest BCUT2D eigenvalue weighted by Crippen LogP contribution is -2.45. The lowest BCUT2D eigenvalue weighted by molar-refractivity contribution is -0.120. The van der Waals surface area contributed by atoms with Crippen LogP contribution in [0.2, 0.25) is 0 Å². The van der Waals surface area contributed by atoms with Crippen LogP contribution >= 0.6 is 0 Å². The van der Waals surface area contributed by atoms with Crippen molar-refractivity contribution in [1.82, 2.24) is 15.5 Å². The van der Waals surface area contributed by atoms with Crippen molar-refractivity contribution in [2.24, 2.45) is 0 Å². The predicted molar refractivity (Wildman–Crippen MR) is 95.6 cm³/mol. The van der Waals surface area contributed by atoms with E-state index in [4.69, 9.17) is 9.15 Å². The number of hydrogen-bond donors (Lipinski definition) is 2. The quantitative estimate of drug-likeness (QED) is 0.763. The second-order valence-electron chi connectivity index (χ2n) is 6.22. The van der Waals surface area contributed by atoms with E-state index in [9.17, 15) is 14.0 Å². The summed E-state index contributed by atoms with van der Waals surface area (Å²) in [6.45, 7) is 2.76. The third-order valence-corrected chi connectivity index (χ3v) is 4.41. The molecule has 0 saturated carbocycles. The molecule has 3 rings (SSSR count). The van der Waals surface area contributed by atoms with Crippen LogP contribution in [0.5, 0.6) is 0 Å². The van der Waals surface area contributed by atoms with Crippen molar-refractivity contribution in [3.8, 4) is 0 Å². The van der Waals surface area contributed by atoms with Gasteiger partial charge >= 0.3 is 0 Å². The Morgan fingerprint density at radius 3 is 2.70 bits per heavy atom. The van der Waals surface area contributed by atoms with Crippen molar-refractivity contribution in [2.75, 3.05) is 39.4 Å². The summed E-state index contributed by atoms with van der Waals surface area (Å²) >= 11 is 0. The molecule has 1 aromatic heterocycles. The molecule has 1 saturated heterocycles. The molecule has 2 heterocycles. The Morgan fingerprint density at radius 2 is 2.00 bits per heavy atom. The number of carbonyl (C=O) groups excluding carboxylic acids is 2. The summed E-state index contributed by atoms with van der Waals surface area (Å²) in [5, 5.41) is 5.35. The fraction of sp³-hybridized carbons (Fsp3) is 0.368. The van der Waals surface area contributed by atoms with Gasteiger partial charge in [0.15, 0.2) is 0 Å². The molecule has 2 aromatic rings. The van der Waals surface area contributed by atoms with E-state index < -0.39 is 0 Å². The lowest BCUT2D eigenvalue weighted by Gasteiger charge is -2.35. The van der Waals surface area contributed by atoms with Crippen LogP contribution in [0.1, 0.15) is 22.0 Å². The highest BCUT2D eigenvalue weighted by Gasteiger charge is 2.23. The predicted octanol–water partition coefficient (Wildman–Crippen LogP) is 1.34. The second-order valence-corrected chi connectivity index (χ2v) is 6.22. The molecule has 7 nitrogen and oxygen atoms in total. The molecule has 1 aliphatic rings. The molecule has 0 aliphatic carbocycles.